The van der Waals surface area contributed by atoms with Crippen LogP contribution in [0.4, 0.5) is 0 Å². The van der Waals surface area contributed by atoms with Gasteiger partial charge in [0.25, 0.3) is 0 Å². The molecule has 0 aliphatic carbocycles. The quantitative estimate of drug-likeness (QED) is 0.0183. The molecular weight excluding hydrogens is 1290 g/mol. The van der Waals surface area contributed by atoms with E-state index in [1.165, 1.54) is 6.92 Å². The molecule has 4 aromatic carbocycles. The molecule has 6 atom stereocenters. The van der Waals surface area contributed by atoms with E-state index in [1.54, 1.807) is 55.0 Å². The van der Waals surface area contributed by atoms with Gasteiger partial charge in [0.05, 0.1) is 57.7 Å². The van der Waals surface area contributed by atoms with Gasteiger partial charge in [0.2, 0.25) is 0 Å². The molecule has 0 radical (unpaired) electrons. The summed E-state index contributed by atoms with van der Waals surface area (Å²) in [6.07, 6.45) is 11.0. The number of unbranched alkanes of at least 4 members (excludes halogenated alkanes) is 2. The summed E-state index contributed by atoms with van der Waals surface area (Å²) in [5, 5.41) is -1.07. The zero-order chi connectivity index (χ0) is 68.3. The standard InChI is InChI=1S/C27H25NO5S.C26H31NO5S.C22H23NO5S.CH4/c1-2-18-10-13-22(28-16-18)24(33-27(31)20-6-4-3-5-7-20)17-32-21-11-8-19(9-12-21)14-25-23(29)15-26(30)34-25;1-3-5-6-7-25(29)32-23(21-13-10-18(4-2)16-27-21)17-31-20-11-8-19(9-12-20)14-24-22(28)15-26(30)33-24;1-3-15-6-9-18(23-12-15)20(28-14(2)24)13-27-17-7-4-16(5-8-17)10-21-19(25)11-22(26)29-21;/h3-13,16,24-25H,2,14-15,17H2,1H3;8-13,16,23-24H,3-7,14-15,17H2,1-2H3;4-9,12,20-21H,3,10-11,13H2,1-2H3;1H4/t;23-,24?;20-,21?;/m.01./s1. The van der Waals surface area contributed by atoms with Crippen molar-refractivity contribution in [2.75, 3.05) is 19.8 Å². The summed E-state index contributed by atoms with van der Waals surface area (Å²) in [4.78, 5) is 120. The highest BCUT2D eigenvalue weighted by Crippen LogP contribution is 2.32. The molecule has 4 unspecified atom stereocenters. The Morgan fingerprint density at radius 2 is 0.773 bits per heavy atom. The first-order valence-corrected chi connectivity index (χ1v) is 34.9. The van der Waals surface area contributed by atoms with Crippen LogP contribution in [0.2, 0.25) is 0 Å². The fourth-order valence-corrected chi connectivity index (χ4v) is 13.2. The predicted octanol–water partition coefficient (Wildman–Crippen LogP) is 13.9. The lowest BCUT2D eigenvalue weighted by Gasteiger charge is -2.19. The maximum Gasteiger partial charge on any atom is 0.338 e. The maximum absolute atomic E-state index is 12.7. The monoisotopic (exact) mass is 1370 g/mol. The molecule has 0 bridgehead atoms. The van der Waals surface area contributed by atoms with Crippen molar-refractivity contribution in [3.63, 3.8) is 0 Å². The van der Waals surface area contributed by atoms with E-state index in [-0.39, 0.29) is 101 Å². The first-order valence-electron chi connectivity index (χ1n) is 32.2. The third-order valence-electron chi connectivity index (χ3n) is 15.7. The lowest BCUT2D eigenvalue weighted by molar-refractivity contribution is -0.151. The Hall–Kier alpha value is -8.79. The number of ether oxygens (including phenoxy) is 6. The number of pyridine rings is 3. The first kappa shape index (κ1) is 75.6. The number of nitrogens with zero attached hydrogens (tertiary/aromatic N) is 3. The molecule has 7 aromatic rings. The summed E-state index contributed by atoms with van der Waals surface area (Å²) in [7, 11) is 0. The maximum atomic E-state index is 12.7. The Labute approximate surface area is 579 Å². The van der Waals surface area contributed by atoms with Crippen LogP contribution in [0.15, 0.2) is 158 Å². The third-order valence-corrected chi connectivity index (χ3v) is 19.0. The zero-order valence-corrected chi connectivity index (χ0v) is 56.9. The van der Waals surface area contributed by atoms with E-state index in [0.717, 1.165) is 107 Å². The molecule has 0 amide bonds. The summed E-state index contributed by atoms with van der Waals surface area (Å²) >= 11 is 3.36. The number of aryl methyl sites for hydroxylation is 3. The van der Waals surface area contributed by atoms with E-state index in [2.05, 4.69) is 35.7 Å². The second-order valence-electron chi connectivity index (χ2n) is 23.0. The van der Waals surface area contributed by atoms with Gasteiger partial charge in [-0.3, -0.25) is 53.3 Å². The predicted molar refractivity (Wildman–Crippen MR) is 375 cm³/mol. The molecule has 21 heteroatoms. The van der Waals surface area contributed by atoms with Crippen LogP contribution >= 0.6 is 35.3 Å². The van der Waals surface area contributed by atoms with Crippen LogP contribution in [0.25, 0.3) is 0 Å². The van der Waals surface area contributed by atoms with Crippen molar-refractivity contribution >= 4 is 85.9 Å². The lowest BCUT2D eigenvalue weighted by atomic mass is 10.1. The number of ketones is 3. The third kappa shape index (κ3) is 24.4. The second-order valence-corrected chi connectivity index (χ2v) is 26.8. The Balaban J connectivity index is 0.000000205. The fourth-order valence-electron chi connectivity index (χ4n) is 10.1. The minimum Gasteiger partial charge on any atom is -0.489 e. The highest BCUT2D eigenvalue weighted by atomic mass is 32.2. The minimum absolute atomic E-state index is 0. The molecular formula is C76H83N3O15S3. The number of esters is 3. The van der Waals surface area contributed by atoms with E-state index >= 15 is 0 Å². The first-order chi connectivity index (χ1) is 46.4. The van der Waals surface area contributed by atoms with Gasteiger partial charge in [0.15, 0.2) is 51.0 Å². The van der Waals surface area contributed by atoms with Crippen LogP contribution in [-0.2, 0) is 91.1 Å². The molecule has 510 valence electrons. The molecule has 3 aliphatic heterocycles. The molecule has 3 aliphatic rings. The van der Waals surface area contributed by atoms with Crippen molar-refractivity contribution in [3.05, 3.63) is 214 Å². The number of rotatable bonds is 29. The van der Waals surface area contributed by atoms with Gasteiger partial charge in [-0.15, -0.1) is 0 Å². The molecule has 3 aromatic heterocycles. The molecule has 18 nitrogen and oxygen atoms in total. The van der Waals surface area contributed by atoms with Crippen molar-refractivity contribution in [3.8, 4) is 17.2 Å². The van der Waals surface area contributed by atoms with Crippen LogP contribution in [0.1, 0.15) is 166 Å². The molecule has 97 heavy (non-hydrogen) atoms. The smallest absolute Gasteiger partial charge is 0.338 e. The minimum atomic E-state index is -0.684. The van der Waals surface area contributed by atoms with Gasteiger partial charge < -0.3 is 28.4 Å². The van der Waals surface area contributed by atoms with Gasteiger partial charge in [-0.2, -0.15) is 0 Å². The topological polar surface area (TPSA) is 248 Å². The van der Waals surface area contributed by atoms with Gasteiger partial charge >= 0.3 is 17.9 Å². The lowest BCUT2D eigenvalue weighted by Crippen LogP contribution is -2.19. The van der Waals surface area contributed by atoms with Crippen molar-refractivity contribution < 1.29 is 71.6 Å². The molecule has 10 rings (SSSR count). The summed E-state index contributed by atoms with van der Waals surface area (Å²) in [5.74, 6) is 0.748. The molecule has 3 saturated heterocycles. The molecule has 0 saturated carbocycles. The Morgan fingerprint density at radius 3 is 1.07 bits per heavy atom. The number of aromatic nitrogens is 3. The van der Waals surface area contributed by atoms with Crippen LogP contribution in [0.5, 0.6) is 17.2 Å². The molecule has 0 N–H and O–H groups in total. The number of carbonyl (C=O) groups is 9. The van der Waals surface area contributed by atoms with E-state index in [4.69, 9.17) is 28.4 Å². The van der Waals surface area contributed by atoms with Crippen LogP contribution < -0.4 is 14.2 Å². The highest BCUT2D eigenvalue weighted by Gasteiger charge is 2.34. The fraction of sp³-hybridized carbons (Fsp3) is 0.368. The van der Waals surface area contributed by atoms with Crippen molar-refractivity contribution in [1.29, 1.82) is 0 Å². The average molecular weight is 1370 g/mol. The Morgan fingerprint density at radius 1 is 0.433 bits per heavy atom. The highest BCUT2D eigenvalue weighted by molar-refractivity contribution is 8.16. The van der Waals surface area contributed by atoms with Crippen LogP contribution in [0.3, 0.4) is 0 Å². The van der Waals surface area contributed by atoms with Crippen molar-refractivity contribution in [2.24, 2.45) is 0 Å². The number of hydrogen-bond donors (Lipinski definition) is 0. The van der Waals surface area contributed by atoms with Crippen LogP contribution in [0, 0.1) is 0 Å². The Kier molecular flexibility index (Phi) is 30.3. The number of thioether (sulfide) groups is 3. The number of hydrogen-bond acceptors (Lipinski definition) is 21. The number of carbonyl (C=O) groups excluding carboxylic acids is 9. The van der Waals surface area contributed by atoms with Crippen molar-refractivity contribution in [2.45, 2.75) is 160 Å². The van der Waals surface area contributed by atoms with Gasteiger partial charge in [0.1, 0.15) is 37.1 Å². The largest absolute Gasteiger partial charge is 0.489 e. The average Bonchev–Trinajstić information content (AvgIpc) is 1.91. The summed E-state index contributed by atoms with van der Waals surface area (Å²) in [6.45, 7) is 10.0. The normalized spacial score (nSPS) is 16.5. The number of Topliss-reactive ketones (excluding diaryl/α,β-unsaturated/α-hetero) is 3. The van der Waals surface area contributed by atoms with E-state index < -0.39 is 30.3 Å². The van der Waals surface area contributed by atoms with Gasteiger partial charge in [0, 0.05) is 31.9 Å². The van der Waals surface area contributed by atoms with E-state index in [0.29, 0.717) is 65.6 Å². The van der Waals surface area contributed by atoms with E-state index in [9.17, 15) is 43.2 Å². The SMILES string of the molecule is C.CCCCCC(=O)O[C@@H](COc1ccc(CC2SC(=O)CC2=O)cc1)c1ccc(CC)cn1.CCc1ccc(C(COc2ccc(CC3SC(=O)CC3=O)cc2)OC(=O)c2ccccc2)nc1.CCc1ccc([C@@H](COc2ccc(CC3SC(=O)CC3=O)cc2)OC(C)=O)nc1. The van der Waals surface area contributed by atoms with Gasteiger partial charge in [-0.05, 0) is 145 Å². The number of benzene rings is 4. The summed E-state index contributed by atoms with van der Waals surface area (Å²) in [6, 6.07) is 42.5. The summed E-state index contributed by atoms with van der Waals surface area (Å²) in [5.41, 5.74) is 8.57. The van der Waals surface area contributed by atoms with Gasteiger partial charge in [-0.1, -0.05) is 156 Å². The van der Waals surface area contributed by atoms with Crippen molar-refractivity contribution in [1.82, 2.24) is 15.0 Å². The van der Waals surface area contributed by atoms with Gasteiger partial charge in [-0.25, -0.2) is 4.79 Å². The second kappa shape index (κ2) is 38.8. The molecule has 3 fully saturated rings. The Bertz CT molecular complexity index is 3740. The van der Waals surface area contributed by atoms with Crippen LogP contribution in [-0.4, -0.2) is 101 Å². The summed E-state index contributed by atoms with van der Waals surface area (Å²) < 4.78 is 34.5. The zero-order valence-electron chi connectivity index (χ0n) is 54.5. The molecule has 0 spiro atoms. The molecule has 6 heterocycles. The van der Waals surface area contributed by atoms with E-state index in [1.807, 2.05) is 110 Å².